The van der Waals surface area contributed by atoms with Gasteiger partial charge in [-0.2, -0.15) is 0 Å². The van der Waals surface area contributed by atoms with Gasteiger partial charge in [-0.1, -0.05) is 19.0 Å². The van der Waals surface area contributed by atoms with Crippen molar-refractivity contribution in [1.82, 2.24) is 19.5 Å². The van der Waals surface area contributed by atoms with Crippen LogP contribution in [0.25, 0.3) is 11.4 Å². The molecule has 0 aromatic carbocycles. The molecule has 0 saturated carbocycles. The Morgan fingerprint density at radius 3 is 2.74 bits per heavy atom. The fourth-order valence-corrected chi connectivity index (χ4v) is 2.18. The van der Waals surface area contributed by atoms with Crippen molar-refractivity contribution in [3.05, 3.63) is 28.5 Å². The van der Waals surface area contributed by atoms with E-state index < -0.39 is 5.97 Å². The molecule has 2 heterocycles. The van der Waals surface area contributed by atoms with Gasteiger partial charge in [0.15, 0.2) is 0 Å². The van der Waals surface area contributed by atoms with Crippen molar-refractivity contribution in [2.24, 2.45) is 5.73 Å². The molecule has 1 atom stereocenters. The second kappa shape index (κ2) is 8.24. The third kappa shape index (κ3) is 4.63. The monoisotopic (exact) mass is 359 g/mol. The number of halogens is 2. The van der Waals surface area contributed by atoms with E-state index in [0.29, 0.717) is 17.9 Å². The number of nitrogens with zero attached hydrogens (tertiary/aromatic N) is 4. The van der Waals surface area contributed by atoms with Gasteiger partial charge in [-0.3, -0.25) is 0 Å². The Morgan fingerprint density at radius 2 is 2.13 bits per heavy atom. The summed E-state index contributed by atoms with van der Waals surface area (Å²) in [4.78, 5) is 24.1. The molecule has 0 radical (unpaired) electrons. The van der Waals surface area contributed by atoms with Gasteiger partial charge < -0.3 is 15.0 Å². The van der Waals surface area contributed by atoms with Crippen molar-refractivity contribution >= 4 is 29.2 Å². The molecule has 0 amide bonds. The molecule has 126 valence electrons. The number of esters is 1. The summed E-state index contributed by atoms with van der Waals surface area (Å²) in [6.07, 6.45) is 3.01. The van der Waals surface area contributed by atoms with Gasteiger partial charge in [0.25, 0.3) is 0 Å². The van der Waals surface area contributed by atoms with Crippen LogP contribution in [0.15, 0.2) is 12.4 Å². The topological polar surface area (TPSA) is 95.9 Å². The van der Waals surface area contributed by atoms with Crippen LogP contribution in [-0.4, -0.2) is 38.1 Å². The van der Waals surface area contributed by atoms with Gasteiger partial charge >= 0.3 is 5.97 Å². The fraction of sp³-hybridized carbons (Fsp3) is 0.429. The second-order valence-electron chi connectivity index (χ2n) is 4.64. The van der Waals surface area contributed by atoms with Gasteiger partial charge in [-0.25, -0.2) is 19.7 Å². The van der Waals surface area contributed by atoms with E-state index in [2.05, 4.69) is 15.0 Å². The lowest BCUT2D eigenvalue weighted by Crippen LogP contribution is -2.24. The van der Waals surface area contributed by atoms with Crippen LogP contribution in [0.3, 0.4) is 0 Å². The zero-order valence-electron chi connectivity index (χ0n) is 12.1. The number of hydrogen-bond donors (Lipinski definition) is 1. The third-order valence-electron chi connectivity index (χ3n) is 2.68. The van der Waals surface area contributed by atoms with E-state index in [1.807, 2.05) is 6.92 Å². The summed E-state index contributed by atoms with van der Waals surface area (Å²) in [5, 5.41) is 0.323. The van der Waals surface area contributed by atoms with Gasteiger partial charge in [0, 0.05) is 18.8 Å². The Kier molecular flexibility index (Phi) is 6.93. The molecule has 0 aliphatic heterocycles. The Bertz CT molecular complexity index is 688. The summed E-state index contributed by atoms with van der Waals surface area (Å²) in [7, 11) is 0. The number of carbonyl (C=O) groups excluding carboxylic acids is 1. The van der Waals surface area contributed by atoms with Crippen molar-refractivity contribution < 1.29 is 9.53 Å². The first kappa shape index (κ1) is 19.3. The summed E-state index contributed by atoms with van der Waals surface area (Å²) >= 11 is 11.8. The van der Waals surface area contributed by atoms with Crippen molar-refractivity contribution in [3.63, 3.8) is 0 Å². The number of hydrogen-bond acceptors (Lipinski definition) is 6. The van der Waals surface area contributed by atoms with Crippen LogP contribution in [0, 0.1) is 0 Å². The van der Waals surface area contributed by atoms with E-state index in [0.717, 1.165) is 0 Å². The zero-order chi connectivity index (χ0) is 16.3. The number of ether oxygens (including phenoxy) is 1. The maximum atomic E-state index is 12.0. The number of nitrogens with two attached hydrogens (primary N) is 1. The van der Waals surface area contributed by atoms with Crippen LogP contribution in [-0.2, 0) is 11.3 Å². The highest BCUT2D eigenvalue weighted by molar-refractivity contribution is 6.33. The molecule has 23 heavy (non-hydrogen) atoms. The highest BCUT2D eigenvalue weighted by Crippen LogP contribution is 2.26. The maximum Gasteiger partial charge on any atom is 0.374 e. The van der Waals surface area contributed by atoms with E-state index in [4.69, 9.17) is 33.7 Å². The van der Waals surface area contributed by atoms with Crippen LogP contribution in [0.1, 0.15) is 31.9 Å². The Labute approximate surface area is 144 Å². The first-order valence-corrected chi connectivity index (χ1v) is 7.36. The molecule has 0 unspecified atom stereocenters. The Balaban J connectivity index is 0.00000264. The summed E-state index contributed by atoms with van der Waals surface area (Å²) in [5.74, 6) is -0.398. The molecule has 0 spiro atoms. The molecule has 0 bridgehead atoms. The van der Waals surface area contributed by atoms with E-state index in [1.165, 1.54) is 6.20 Å². The normalized spacial score (nSPS) is 11.7. The fourth-order valence-electron chi connectivity index (χ4n) is 1.86. The smallest absolute Gasteiger partial charge is 0.374 e. The standard InChI is InChI=1S/C13H15Cl2N5O2.CH4/c1-3-22-12(21)11-18-9(6-20(11)5-7(2)16)10-8(14)4-17-13(15)19-10;/h4,6-7H,3,5,16H2,1-2H3;1H4/t7-;/m0./s1. The lowest BCUT2D eigenvalue weighted by atomic mass is 10.3. The predicted octanol–water partition coefficient (Wildman–Crippen LogP) is 2.81. The minimum Gasteiger partial charge on any atom is -0.460 e. The Morgan fingerprint density at radius 1 is 1.43 bits per heavy atom. The molecule has 9 heteroatoms. The molecular formula is C14H19Cl2N5O2. The first-order chi connectivity index (χ1) is 10.4. The molecule has 0 aliphatic carbocycles. The van der Waals surface area contributed by atoms with Gasteiger partial charge in [-0.05, 0) is 25.4 Å². The lowest BCUT2D eigenvalue weighted by Gasteiger charge is -2.09. The zero-order valence-corrected chi connectivity index (χ0v) is 13.6. The first-order valence-electron chi connectivity index (χ1n) is 6.60. The molecule has 0 aliphatic rings. The van der Waals surface area contributed by atoms with Crippen LogP contribution in [0.4, 0.5) is 0 Å². The van der Waals surface area contributed by atoms with Crippen LogP contribution >= 0.6 is 23.2 Å². The number of rotatable bonds is 5. The number of aromatic nitrogens is 4. The summed E-state index contributed by atoms with van der Waals surface area (Å²) in [6, 6.07) is -0.167. The summed E-state index contributed by atoms with van der Waals surface area (Å²) in [5.41, 5.74) is 6.54. The summed E-state index contributed by atoms with van der Waals surface area (Å²) in [6.45, 7) is 4.19. The van der Waals surface area contributed by atoms with E-state index in [1.54, 1.807) is 17.7 Å². The third-order valence-corrected chi connectivity index (χ3v) is 3.14. The molecule has 2 aromatic rings. The van der Waals surface area contributed by atoms with Gasteiger partial charge in [0.2, 0.25) is 11.1 Å². The largest absolute Gasteiger partial charge is 0.460 e. The average Bonchev–Trinajstić information content (AvgIpc) is 2.84. The minimum atomic E-state index is -0.536. The molecule has 2 rings (SSSR count). The minimum absolute atomic E-state index is 0. The molecule has 7 nitrogen and oxygen atoms in total. The van der Waals surface area contributed by atoms with Crippen LogP contribution in [0.2, 0.25) is 10.3 Å². The van der Waals surface area contributed by atoms with Crippen molar-refractivity contribution in [2.45, 2.75) is 33.9 Å². The predicted molar refractivity (Wildman–Crippen MR) is 89.6 cm³/mol. The molecule has 0 fully saturated rings. The maximum absolute atomic E-state index is 12.0. The van der Waals surface area contributed by atoms with Crippen molar-refractivity contribution in [2.75, 3.05) is 6.61 Å². The van der Waals surface area contributed by atoms with E-state index in [9.17, 15) is 4.79 Å². The SMILES string of the molecule is C.CCOC(=O)c1nc(-c2nc(Cl)ncc2Cl)cn1C[C@H](C)N. The highest BCUT2D eigenvalue weighted by Gasteiger charge is 2.20. The Hall–Kier alpha value is -1.70. The van der Waals surface area contributed by atoms with Gasteiger partial charge in [0.1, 0.15) is 11.4 Å². The number of imidazole rings is 1. The van der Waals surface area contributed by atoms with Gasteiger partial charge in [-0.15, -0.1) is 0 Å². The van der Waals surface area contributed by atoms with Crippen molar-refractivity contribution in [1.29, 1.82) is 0 Å². The lowest BCUT2D eigenvalue weighted by molar-refractivity contribution is 0.0506. The molecule has 2 N–H and O–H groups in total. The number of carbonyl (C=O) groups is 1. The summed E-state index contributed by atoms with van der Waals surface area (Å²) < 4.78 is 6.61. The quantitative estimate of drug-likeness (QED) is 0.651. The van der Waals surface area contributed by atoms with Crippen LogP contribution < -0.4 is 5.73 Å². The highest BCUT2D eigenvalue weighted by atomic mass is 35.5. The average molecular weight is 360 g/mol. The van der Waals surface area contributed by atoms with E-state index >= 15 is 0 Å². The van der Waals surface area contributed by atoms with E-state index in [-0.39, 0.29) is 36.2 Å². The molecule has 2 aromatic heterocycles. The van der Waals surface area contributed by atoms with Gasteiger partial charge in [0.05, 0.1) is 17.8 Å². The molecule has 0 saturated heterocycles. The van der Waals surface area contributed by atoms with Crippen molar-refractivity contribution in [3.8, 4) is 11.4 Å². The second-order valence-corrected chi connectivity index (χ2v) is 5.38. The molecular weight excluding hydrogens is 341 g/mol. The van der Waals surface area contributed by atoms with Crippen LogP contribution in [0.5, 0.6) is 0 Å².